The maximum atomic E-state index is 4.13. The van der Waals surface area contributed by atoms with Crippen LogP contribution < -0.4 is 0 Å². The molecule has 0 aliphatic carbocycles. The van der Waals surface area contributed by atoms with Crippen LogP contribution in [0.5, 0.6) is 0 Å². The lowest BCUT2D eigenvalue weighted by molar-refractivity contribution is 0.649. The maximum absolute atomic E-state index is 4.13. The van der Waals surface area contributed by atoms with Crippen molar-refractivity contribution < 1.29 is 0 Å². The lowest BCUT2D eigenvalue weighted by atomic mass is 10.0. The van der Waals surface area contributed by atoms with E-state index in [0.29, 0.717) is 5.92 Å². The molecule has 96 valence electrons. The van der Waals surface area contributed by atoms with E-state index < -0.39 is 0 Å². The van der Waals surface area contributed by atoms with Crippen molar-refractivity contribution in [3.8, 4) is 0 Å². The van der Waals surface area contributed by atoms with Gasteiger partial charge in [0, 0.05) is 6.20 Å². The van der Waals surface area contributed by atoms with Gasteiger partial charge in [-0.3, -0.25) is 0 Å². The summed E-state index contributed by atoms with van der Waals surface area (Å²) >= 11 is 3.49. The van der Waals surface area contributed by atoms with Crippen molar-refractivity contribution in [1.29, 1.82) is 0 Å². The van der Waals surface area contributed by atoms with Crippen LogP contribution in [0, 0.1) is 0 Å². The summed E-state index contributed by atoms with van der Waals surface area (Å²) in [4.78, 5) is 0.245. The molecular formula is C14H18BrN3. The highest BCUT2D eigenvalue weighted by atomic mass is 79.9. The van der Waals surface area contributed by atoms with Crippen molar-refractivity contribution in [2.24, 2.45) is 0 Å². The molecule has 2 rings (SSSR count). The molecule has 4 heteroatoms. The molecule has 0 saturated heterocycles. The standard InChI is InChI=1S/C14H18BrN3/c1-10(2)13-6-4-12(5-7-13)8-18-9-14(11(3)15)16-17-18/h4-7,9-11H,8H2,1-3H3. The number of nitrogens with zero attached hydrogens (tertiary/aromatic N) is 3. The number of benzene rings is 1. The van der Waals surface area contributed by atoms with Crippen molar-refractivity contribution in [1.82, 2.24) is 15.0 Å². The lowest BCUT2D eigenvalue weighted by Gasteiger charge is -2.06. The molecule has 0 aliphatic rings. The van der Waals surface area contributed by atoms with Gasteiger partial charge in [-0.25, -0.2) is 4.68 Å². The van der Waals surface area contributed by atoms with Crippen molar-refractivity contribution in [2.45, 2.75) is 38.1 Å². The molecule has 1 atom stereocenters. The van der Waals surface area contributed by atoms with Crippen molar-refractivity contribution in [3.63, 3.8) is 0 Å². The van der Waals surface area contributed by atoms with E-state index in [4.69, 9.17) is 0 Å². The van der Waals surface area contributed by atoms with E-state index in [1.807, 2.05) is 17.8 Å². The molecule has 1 aromatic carbocycles. The van der Waals surface area contributed by atoms with Gasteiger partial charge in [0.15, 0.2) is 0 Å². The van der Waals surface area contributed by atoms with Crippen LogP contribution in [0.1, 0.15) is 48.3 Å². The Balaban J connectivity index is 2.08. The molecule has 0 spiro atoms. The first-order valence-electron chi connectivity index (χ1n) is 6.19. The van der Waals surface area contributed by atoms with E-state index in [0.717, 1.165) is 12.2 Å². The summed E-state index contributed by atoms with van der Waals surface area (Å²) in [6.07, 6.45) is 1.98. The van der Waals surface area contributed by atoms with Crippen LogP contribution in [-0.2, 0) is 6.54 Å². The zero-order valence-electron chi connectivity index (χ0n) is 11.0. The van der Waals surface area contributed by atoms with Crippen LogP contribution in [0.2, 0.25) is 0 Å². The first-order chi connectivity index (χ1) is 8.56. The van der Waals surface area contributed by atoms with E-state index in [1.54, 1.807) is 0 Å². The summed E-state index contributed by atoms with van der Waals surface area (Å²) in [7, 11) is 0. The monoisotopic (exact) mass is 307 g/mol. The quantitative estimate of drug-likeness (QED) is 0.802. The van der Waals surface area contributed by atoms with Crippen LogP contribution in [-0.4, -0.2) is 15.0 Å². The molecule has 3 nitrogen and oxygen atoms in total. The van der Waals surface area contributed by atoms with E-state index in [9.17, 15) is 0 Å². The number of hydrogen-bond donors (Lipinski definition) is 0. The first-order valence-corrected chi connectivity index (χ1v) is 7.10. The molecule has 0 radical (unpaired) electrons. The molecular weight excluding hydrogens is 290 g/mol. The third-order valence-electron chi connectivity index (χ3n) is 2.95. The molecule has 0 saturated carbocycles. The molecule has 1 heterocycles. The van der Waals surface area contributed by atoms with Crippen LogP contribution >= 0.6 is 15.9 Å². The van der Waals surface area contributed by atoms with Crippen LogP contribution in [0.15, 0.2) is 30.5 Å². The fourth-order valence-electron chi connectivity index (χ4n) is 1.77. The van der Waals surface area contributed by atoms with Gasteiger partial charge < -0.3 is 0 Å². The molecule has 0 aliphatic heterocycles. The second kappa shape index (κ2) is 5.65. The average Bonchev–Trinajstić information content (AvgIpc) is 2.78. The predicted octanol–water partition coefficient (Wildman–Crippen LogP) is 3.91. The Labute approximate surface area is 116 Å². The summed E-state index contributed by atoms with van der Waals surface area (Å²) in [5, 5.41) is 8.25. The molecule has 1 aromatic heterocycles. The van der Waals surface area contributed by atoms with Crippen LogP contribution in [0.4, 0.5) is 0 Å². The zero-order valence-corrected chi connectivity index (χ0v) is 12.6. The van der Waals surface area contributed by atoms with Gasteiger partial charge in [-0.2, -0.15) is 0 Å². The smallest absolute Gasteiger partial charge is 0.0960 e. The number of aromatic nitrogens is 3. The Morgan fingerprint density at radius 2 is 1.83 bits per heavy atom. The Morgan fingerprint density at radius 3 is 2.33 bits per heavy atom. The Bertz CT molecular complexity index is 500. The highest BCUT2D eigenvalue weighted by molar-refractivity contribution is 9.09. The Kier molecular flexibility index (Phi) is 4.17. The number of alkyl halides is 1. The first kappa shape index (κ1) is 13.3. The Hall–Kier alpha value is -1.16. The number of halogens is 1. The minimum absolute atomic E-state index is 0.245. The van der Waals surface area contributed by atoms with Crippen molar-refractivity contribution >= 4 is 15.9 Å². The third kappa shape index (κ3) is 3.19. The molecule has 0 N–H and O–H groups in total. The highest BCUT2D eigenvalue weighted by Crippen LogP contribution is 2.19. The third-order valence-corrected chi connectivity index (χ3v) is 3.42. The fraction of sp³-hybridized carbons (Fsp3) is 0.429. The second-order valence-electron chi connectivity index (χ2n) is 4.85. The number of hydrogen-bond acceptors (Lipinski definition) is 2. The lowest BCUT2D eigenvalue weighted by Crippen LogP contribution is -2.00. The largest absolute Gasteiger partial charge is 0.248 e. The van der Waals surface area contributed by atoms with Crippen LogP contribution in [0.3, 0.4) is 0 Å². The average molecular weight is 308 g/mol. The van der Waals surface area contributed by atoms with Gasteiger partial charge in [-0.15, -0.1) is 5.10 Å². The molecule has 0 amide bonds. The van der Waals surface area contributed by atoms with E-state index in [-0.39, 0.29) is 4.83 Å². The number of rotatable bonds is 4. The Morgan fingerprint density at radius 1 is 1.17 bits per heavy atom. The van der Waals surface area contributed by atoms with E-state index >= 15 is 0 Å². The molecule has 1 unspecified atom stereocenters. The molecule has 18 heavy (non-hydrogen) atoms. The van der Waals surface area contributed by atoms with Gasteiger partial charge in [-0.1, -0.05) is 59.3 Å². The van der Waals surface area contributed by atoms with Gasteiger partial charge >= 0.3 is 0 Å². The predicted molar refractivity (Wildman–Crippen MR) is 77.0 cm³/mol. The van der Waals surface area contributed by atoms with E-state index in [2.05, 4.69) is 64.4 Å². The minimum atomic E-state index is 0.245. The summed E-state index contributed by atoms with van der Waals surface area (Å²) in [6.45, 7) is 7.23. The SMILES string of the molecule is CC(C)c1ccc(Cn2cc(C(C)Br)nn2)cc1. The second-order valence-corrected chi connectivity index (χ2v) is 6.23. The normalized spacial score (nSPS) is 12.9. The van der Waals surface area contributed by atoms with Gasteiger partial charge in [-0.05, 0) is 24.0 Å². The van der Waals surface area contributed by atoms with Gasteiger partial charge in [0.1, 0.15) is 0 Å². The van der Waals surface area contributed by atoms with Crippen LogP contribution in [0.25, 0.3) is 0 Å². The maximum Gasteiger partial charge on any atom is 0.0960 e. The van der Waals surface area contributed by atoms with E-state index in [1.165, 1.54) is 11.1 Å². The van der Waals surface area contributed by atoms with Crippen molar-refractivity contribution in [2.75, 3.05) is 0 Å². The molecule has 0 fully saturated rings. The summed E-state index contributed by atoms with van der Waals surface area (Å²) in [5.41, 5.74) is 3.58. The summed E-state index contributed by atoms with van der Waals surface area (Å²) < 4.78 is 1.87. The molecule has 2 aromatic rings. The summed E-state index contributed by atoms with van der Waals surface area (Å²) in [5.74, 6) is 0.575. The van der Waals surface area contributed by atoms with Gasteiger partial charge in [0.2, 0.25) is 0 Å². The minimum Gasteiger partial charge on any atom is -0.248 e. The highest BCUT2D eigenvalue weighted by Gasteiger charge is 2.06. The van der Waals surface area contributed by atoms with Gasteiger partial charge in [0.05, 0.1) is 17.1 Å². The fourth-order valence-corrected chi connectivity index (χ4v) is 1.98. The van der Waals surface area contributed by atoms with Crippen molar-refractivity contribution in [3.05, 3.63) is 47.3 Å². The zero-order chi connectivity index (χ0) is 13.1. The topological polar surface area (TPSA) is 30.7 Å². The molecule has 0 bridgehead atoms. The summed E-state index contributed by atoms with van der Waals surface area (Å²) in [6, 6.07) is 8.69. The van der Waals surface area contributed by atoms with Gasteiger partial charge in [0.25, 0.3) is 0 Å².